The van der Waals surface area contributed by atoms with Crippen molar-refractivity contribution in [3.63, 3.8) is 0 Å². The van der Waals surface area contributed by atoms with E-state index >= 15 is 0 Å². The molecule has 1 amide bonds. The van der Waals surface area contributed by atoms with Gasteiger partial charge < -0.3 is 15.8 Å². The maximum Gasteiger partial charge on any atom is 0.240 e. The molecule has 2 fully saturated rings. The number of carbonyl (C=O) groups is 1. The lowest BCUT2D eigenvalue weighted by Gasteiger charge is -2.35. The summed E-state index contributed by atoms with van der Waals surface area (Å²) >= 11 is 0. The van der Waals surface area contributed by atoms with Crippen molar-refractivity contribution in [1.29, 1.82) is 0 Å². The normalized spacial score (nSPS) is 29.2. The first-order valence-electron chi connectivity index (χ1n) is 8.94. The molecule has 0 radical (unpaired) electrons. The van der Waals surface area contributed by atoms with Gasteiger partial charge in [-0.25, -0.2) is 0 Å². The van der Waals surface area contributed by atoms with E-state index in [0.29, 0.717) is 12.2 Å². The van der Waals surface area contributed by atoms with Gasteiger partial charge in [0.1, 0.15) is 0 Å². The van der Waals surface area contributed by atoms with E-state index in [1.165, 1.54) is 6.42 Å². The van der Waals surface area contributed by atoms with Crippen molar-refractivity contribution in [2.45, 2.75) is 76.5 Å². The van der Waals surface area contributed by atoms with Gasteiger partial charge in [0, 0.05) is 19.6 Å². The molecule has 1 aliphatic carbocycles. The number of nitrogens with two attached hydrogens (primary N) is 1. The molecule has 2 rings (SSSR count). The molecule has 0 bridgehead atoms. The summed E-state index contributed by atoms with van der Waals surface area (Å²) in [5, 5.41) is 3.04. The van der Waals surface area contributed by atoms with Gasteiger partial charge in [-0.3, -0.25) is 9.69 Å². The van der Waals surface area contributed by atoms with Gasteiger partial charge in [-0.15, -0.1) is 0 Å². The molecule has 0 spiro atoms. The summed E-state index contributed by atoms with van der Waals surface area (Å²) in [5.41, 5.74) is 5.63. The van der Waals surface area contributed by atoms with Crippen LogP contribution in [0.25, 0.3) is 0 Å². The smallest absolute Gasteiger partial charge is 0.240 e. The van der Waals surface area contributed by atoms with Gasteiger partial charge >= 0.3 is 0 Å². The molecule has 1 aliphatic heterocycles. The molecule has 2 aliphatic rings. The molecule has 5 nitrogen and oxygen atoms in total. The minimum Gasteiger partial charge on any atom is -0.373 e. The molecule has 5 heteroatoms. The third kappa shape index (κ3) is 5.21. The van der Waals surface area contributed by atoms with Gasteiger partial charge in [-0.1, -0.05) is 19.3 Å². The van der Waals surface area contributed by atoms with Gasteiger partial charge in [0.2, 0.25) is 5.91 Å². The maximum absolute atomic E-state index is 12.2. The van der Waals surface area contributed by atoms with Gasteiger partial charge in [-0.2, -0.15) is 0 Å². The van der Waals surface area contributed by atoms with Crippen molar-refractivity contribution in [2.75, 3.05) is 26.2 Å². The summed E-state index contributed by atoms with van der Waals surface area (Å²) in [6, 6.07) is 0. The van der Waals surface area contributed by atoms with E-state index in [-0.39, 0.29) is 5.91 Å². The molecule has 0 aromatic heterocycles. The number of unbranched alkanes of at least 4 members (excludes halogenated alkanes) is 1. The van der Waals surface area contributed by atoms with Gasteiger partial charge in [-0.05, 0) is 46.1 Å². The number of hydrogen-bond donors (Lipinski definition) is 2. The number of rotatable bonds is 6. The van der Waals surface area contributed by atoms with Crippen LogP contribution in [0, 0.1) is 0 Å². The zero-order chi connectivity index (χ0) is 16.0. The molecule has 128 valence electrons. The molecular weight excluding hydrogens is 278 g/mol. The Bertz CT molecular complexity index is 346. The minimum atomic E-state index is -0.604. The highest BCUT2D eigenvalue weighted by molar-refractivity contribution is 5.86. The van der Waals surface area contributed by atoms with E-state index in [9.17, 15) is 4.79 Å². The van der Waals surface area contributed by atoms with Crippen LogP contribution in [0.4, 0.5) is 0 Å². The molecule has 0 aromatic rings. The fourth-order valence-electron chi connectivity index (χ4n) is 3.72. The Labute approximate surface area is 134 Å². The molecular formula is C17H33N3O2. The van der Waals surface area contributed by atoms with Crippen LogP contribution in [0.5, 0.6) is 0 Å². The second-order valence-electron chi connectivity index (χ2n) is 7.20. The van der Waals surface area contributed by atoms with Gasteiger partial charge in [0.05, 0.1) is 17.7 Å². The summed E-state index contributed by atoms with van der Waals surface area (Å²) in [6.07, 6.45) is 7.82. The van der Waals surface area contributed by atoms with Crippen molar-refractivity contribution in [3.05, 3.63) is 0 Å². The monoisotopic (exact) mass is 311 g/mol. The second-order valence-corrected chi connectivity index (χ2v) is 7.20. The highest BCUT2D eigenvalue weighted by Crippen LogP contribution is 2.25. The number of carbonyl (C=O) groups excluding carboxylic acids is 1. The lowest BCUT2D eigenvalue weighted by Crippen LogP contribution is -2.55. The molecule has 1 saturated heterocycles. The summed E-state index contributed by atoms with van der Waals surface area (Å²) in [6.45, 7) is 8.13. The Balaban J connectivity index is 1.58. The Kier molecular flexibility index (Phi) is 6.66. The summed E-state index contributed by atoms with van der Waals surface area (Å²) in [5.74, 6) is 0.0563. The van der Waals surface area contributed by atoms with E-state index in [0.717, 1.165) is 64.7 Å². The third-order valence-electron chi connectivity index (χ3n) is 4.88. The molecule has 0 aromatic carbocycles. The Morgan fingerprint density at radius 2 is 1.82 bits per heavy atom. The van der Waals surface area contributed by atoms with Crippen LogP contribution < -0.4 is 11.1 Å². The first kappa shape index (κ1) is 17.7. The number of morpholine rings is 1. The van der Waals surface area contributed by atoms with Crippen LogP contribution >= 0.6 is 0 Å². The predicted octanol–water partition coefficient (Wildman–Crippen LogP) is 1.65. The Morgan fingerprint density at radius 3 is 2.45 bits per heavy atom. The first-order valence-corrected chi connectivity index (χ1v) is 8.94. The van der Waals surface area contributed by atoms with E-state index in [1.807, 2.05) is 0 Å². The summed E-state index contributed by atoms with van der Waals surface area (Å²) in [7, 11) is 0. The van der Waals surface area contributed by atoms with Crippen LogP contribution in [-0.4, -0.2) is 54.7 Å². The Morgan fingerprint density at radius 1 is 1.18 bits per heavy atom. The van der Waals surface area contributed by atoms with Gasteiger partial charge in [0.25, 0.3) is 0 Å². The van der Waals surface area contributed by atoms with Crippen LogP contribution in [-0.2, 0) is 9.53 Å². The Hall–Kier alpha value is -0.650. The molecule has 1 saturated carbocycles. The molecule has 3 N–H and O–H groups in total. The van der Waals surface area contributed by atoms with Crippen molar-refractivity contribution in [2.24, 2.45) is 5.73 Å². The lowest BCUT2D eigenvalue weighted by atomic mass is 9.82. The lowest BCUT2D eigenvalue weighted by molar-refractivity contribution is -0.127. The third-order valence-corrected chi connectivity index (χ3v) is 4.88. The van der Waals surface area contributed by atoms with Crippen LogP contribution in [0.15, 0.2) is 0 Å². The zero-order valence-electron chi connectivity index (χ0n) is 14.3. The van der Waals surface area contributed by atoms with Crippen LogP contribution in [0.3, 0.4) is 0 Å². The van der Waals surface area contributed by atoms with E-state index in [1.54, 1.807) is 0 Å². The van der Waals surface area contributed by atoms with Gasteiger partial charge in [0.15, 0.2) is 0 Å². The van der Waals surface area contributed by atoms with Crippen LogP contribution in [0.2, 0.25) is 0 Å². The highest BCUT2D eigenvalue weighted by Gasteiger charge is 2.34. The average Bonchev–Trinajstić information content (AvgIpc) is 2.46. The van der Waals surface area contributed by atoms with Crippen molar-refractivity contribution < 1.29 is 9.53 Å². The first-order chi connectivity index (χ1) is 10.5. The zero-order valence-corrected chi connectivity index (χ0v) is 14.3. The largest absolute Gasteiger partial charge is 0.373 e. The second kappa shape index (κ2) is 8.27. The van der Waals surface area contributed by atoms with Crippen molar-refractivity contribution >= 4 is 5.91 Å². The van der Waals surface area contributed by atoms with Crippen LogP contribution in [0.1, 0.15) is 58.8 Å². The molecule has 22 heavy (non-hydrogen) atoms. The number of amides is 1. The van der Waals surface area contributed by atoms with Crippen molar-refractivity contribution in [3.8, 4) is 0 Å². The van der Waals surface area contributed by atoms with E-state index in [2.05, 4.69) is 24.1 Å². The quantitative estimate of drug-likeness (QED) is 0.732. The minimum absolute atomic E-state index is 0.0563. The standard InChI is InChI=1S/C17H33N3O2/c1-14-12-20(13-15(2)22-14)11-7-6-10-19-16(21)17(18)8-4-3-5-9-17/h14-15H,3-13,18H2,1-2H3,(H,19,21). The highest BCUT2D eigenvalue weighted by atomic mass is 16.5. The van der Waals surface area contributed by atoms with E-state index in [4.69, 9.17) is 10.5 Å². The summed E-state index contributed by atoms with van der Waals surface area (Å²) < 4.78 is 5.74. The number of nitrogens with zero attached hydrogens (tertiary/aromatic N) is 1. The molecule has 1 heterocycles. The average molecular weight is 311 g/mol. The fraction of sp³-hybridized carbons (Fsp3) is 0.941. The number of hydrogen-bond acceptors (Lipinski definition) is 4. The molecule has 2 atom stereocenters. The van der Waals surface area contributed by atoms with Crippen molar-refractivity contribution in [1.82, 2.24) is 10.2 Å². The van der Waals surface area contributed by atoms with E-state index < -0.39 is 5.54 Å². The SMILES string of the molecule is CC1CN(CCCCNC(=O)C2(N)CCCCC2)CC(C)O1. The topological polar surface area (TPSA) is 67.6 Å². The molecule has 2 unspecified atom stereocenters. The number of ether oxygens (including phenoxy) is 1. The predicted molar refractivity (Wildman–Crippen MR) is 88.7 cm³/mol. The summed E-state index contributed by atoms with van der Waals surface area (Å²) in [4.78, 5) is 14.7. The maximum atomic E-state index is 12.2. The fourth-order valence-corrected chi connectivity index (χ4v) is 3.72. The number of nitrogens with one attached hydrogen (secondary N) is 1.